The van der Waals surface area contributed by atoms with E-state index in [4.69, 9.17) is 0 Å². The third kappa shape index (κ3) is 5.40. The van der Waals surface area contributed by atoms with Gasteiger partial charge in [0.1, 0.15) is 0 Å². The molecule has 1 atom stereocenters. The fourth-order valence-corrected chi connectivity index (χ4v) is 2.40. The summed E-state index contributed by atoms with van der Waals surface area (Å²) in [4.78, 5) is 0. The zero-order valence-corrected chi connectivity index (χ0v) is 11.9. The van der Waals surface area contributed by atoms with Crippen LogP contribution in [0.1, 0.15) is 46.2 Å². The van der Waals surface area contributed by atoms with E-state index >= 15 is 0 Å². The van der Waals surface area contributed by atoms with Gasteiger partial charge in [0, 0.05) is 25.0 Å². The van der Waals surface area contributed by atoms with Crippen LogP contribution in [-0.2, 0) is 13.1 Å². The van der Waals surface area contributed by atoms with Crippen molar-refractivity contribution in [1.29, 1.82) is 0 Å². The molecule has 98 valence electrons. The fourth-order valence-electron chi connectivity index (χ4n) is 2.40. The van der Waals surface area contributed by atoms with Gasteiger partial charge in [-0.05, 0) is 43.4 Å². The minimum Gasteiger partial charge on any atom is -0.350 e. The Morgan fingerprint density at radius 3 is 2.71 bits per heavy atom. The van der Waals surface area contributed by atoms with E-state index in [9.17, 15) is 0 Å². The molecule has 0 saturated carbocycles. The summed E-state index contributed by atoms with van der Waals surface area (Å²) in [6.45, 7) is 12.4. The first kappa shape index (κ1) is 14.3. The molecule has 1 aromatic rings. The second kappa shape index (κ2) is 7.54. The molecule has 2 nitrogen and oxygen atoms in total. The SMILES string of the molecule is CCCNCc1cccn1CC(C)CC(C)C. The van der Waals surface area contributed by atoms with Crippen LogP contribution in [0.3, 0.4) is 0 Å². The summed E-state index contributed by atoms with van der Waals surface area (Å²) in [6, 6.07) is 4.38. The summed E-state index contributed by atoms with van der Waals surface area (Å²) in [6.07, 6.45) is 4.71. The zero-order chi connectivity index (χ0) is 12.7. The zero-order valence-electron chi connectivity index (χ0n) is 11.9. The van der Waals surface area contributed by atoms with E-state index in [2.05, 4.69) is 55.9 Å². The molecule has 1 unspecified atom stereocenters. The Hall–Kier alpha value is -0.760. The molecule has 0 aliphatic heterocycles. The Balaban J connectivity index is 2.44. The standard InChI is InChI=1S/C15H28N2/c1-5-8-16-11-15-7-6-9-17(15)12-14(4)10-13(2)3/h6-7,9,13-14,16H,5,8,10-12H2,1-4H3. The molecule has 0 amide bonds. The predicted molar refractivity (Wildman–Crippen MR) is 75.0 cm³/mol. The lowest BCUT2D eigenvalue weighted by molar-refractivity contribution is 0.384. The van der Waals surface area contributed by atoms with Crippen LogP contribution in [0.4, 0.5) is 0 Å². The quantitative estimate of drug-likeness (QED) is 0.681. The maximum Gasteiger partial charge on any atom is 0.0359 e. The Morgan fingerprint density at radius 2 is 2.06 bits per heavy atom. The first-order valence-electron chi connectivity index (χ1n) is 6.98. The van der Waals surface area contributed by atoms with Gasteiger partial charge in [0.05, 0.1) is 0 Å². The van der Waals surface area contributed by atoms with Crippen LogP contribution >= 0.6 is 0 Å². The third-order valence-corrected chi connectivity index (χ3v) is 3.04. The summed E-state index contributed by atoms with van der Waals surface area (Å²) in [5.41, 5.74) is 1.41. The highest BCUT2D eigenvalue weighted by Gasteiger charge is 2.08. The van der Waals surface area contributed by atoms with Gasteiger partial charge < -0.3 is 9.88 Å². The second-order valence-electron chi connectivity index (χ2n) is 5.56. The molecular formula is C15H28N2. The number of aromatic nitrogens is 1. The third-order valence-electron chi connectivity index (χ3n) is 3.04. The van der Waals surface area contributed by atoms with Crippen molar-refractivity contribution < 1.29 is 0 Å². The van der Waals surface area contributed by atoms with Crippen LogP contribution in [-0.4, -0.2) is 11.1 Å². The van der Waals surface area contributed by atoms with Crippen molar-refractivity contribution in [2.45, 2.75) is 53.6 Å². The lowest BCUT2D eigenvalue weighted by Crippen LogP contribution is -2.18. The van der Waals surface area contributed by atoms with Crippen LogP contribution in [0.2, 0.25) is 0 Å². The van der Waals surface area contributed by atoms with E-state index in [1.165, 1.54) is 18.5 Å². The monoisotopic (exact) mass is 236 g/mol. The molecule has 0 aliphatic carbocycles. The highest BCUT2D eigenvalue weighted by atomic mass is 15.0. The molecule has 0 fully saturated rings. The van der Waals surface area contributed by atoms with Gasteiger partial charge in [0.2, 0.25) is 0 Å². The molecule has 1 aromatic heterocycles. The number of nitrogens with one attached hydrogen (secondary N) is 1. The molecular weight excluding hydrogens is 208 g/mol. The fraction of sp³-hybridized carbons (Fsp3) is 0.733. The molecule has 2 heteroatoms. The minimum atomic E-state index is 0.757. The van der Waals surface area contributed by atoms with Crippen molar-refractivity contribution in [1.82, 2.24) is 9.88 Å². The molecule has 17 heavy (non-hydrogen) atoms. The summed E-state index contributed by atoms with van der Waals surface area (Å²) < 4.78 is 2.40. The van der Waals surface area contributed by atoms with Crippen molar-refractivity contribution >= 4 is 0 Å². The molecule has 1 N–H and O–H groups in total. The van der Waals surface area contributed by atoms with Gasteiger partial charge in [0.15, 0.2) is 0 Å². The molecule has 0 spiro atoms. The van der Waals surface area contributed by atoms with Crippen molar-refractivity contribution in [3.63, 3.8) is 0 Å². The van der Waals surface area contributed by atoms with Gasteiger partial charge in [-0.1, -0.05) is 27.7 Å². The van der Waals surface area contributed by atoms with Crippen LogP contribution in [0.5, 0.6) is 0 Å². The molecule has 1 heterocycles. The summed E-state index contributed by atoms with van der Waals surface area (Å²) in [7, 11) is 0. The first-order valence-corrected chi connectivity index (χ1v) is 6.98. The summed E-state index contributed by atoms with van der Waals surface area (Å²) >= 11 is 0. The topological polar surface area (TPSA) is 17.0 Å². The average Bonchev–Trinajstić information content (AvgIpc) is 2.65. The predicted octanol–water partition coefficient (Wildman–Crippen LogP) is 3.67. The average molecular weight is 236 g/mol. The second-order valence-corrected chi connectivity index (χ2v) is 5.56. The van der Waals surface area contributed by atoms with E-state index < -0.39 is 0 Å². The van der Waals surface area contributed by atoms with Gasteiger partial charge in [0.25, 0.3) is 0 Å². The van der Waals surface area contributed by atoms with Crippen molar-refractivity contribution in [3.05, 3.63) is 24.0 Å². The normalized spacial score (nSPS) is 13.2. The molecule has 0 aromatic carbocycles. The van der Waals surface area contributed by atoms with E-state index in [0.717, 1.165) is 31.5 Å². The Kier molecular flexibility index (Phi) is 6.35. The number of nitrogens with zero attached hydrogens (tertiary/aromatic N) is 1. The lowest BCUT2D eigenvalue weighted by Gasteiger charge is -2.17. The number of hydrogen-bond acceptors (Lipinski definition) is 1. The highest BCUT2D eigenvalue weighted by Crippen LogP contribution is 2.14. The smallest absolute Gasteiger partial charge is 0.0359 e. The lowest BCUT2D eigenvalue weighted by atomic mass is 9.99. The Labute approximate surface area is 106 Å². The Morgan fingerprint density at radius 1 is 1.29 bits per heavy atom. The Bertz CT molecular complexity index is 302. The van der Waals surface area contributed by atoms with Gasteiger partial charge in [-0.3, -0.25) is 0 Å². The van der Waals surface area contributed by atoms with Crippen LogP contribution in [0.25, 0.3) is 0 Å². The van der Waals surface area contributed by atoms with Crippen LogP contribution in [0.15, 0.2) is 18.3 Å². The molecule has 0 saturated heterocycles. The molecule has 0 aliphatic rings. The summed E-state index contributed by atoms with van der Waals surface area (Å²) in [5, 5.41) is 3.47. The van der Waals surface area contributed by atoms with Crippen LogP contribution < -0.4 is 5.32 Å². The maximum atomic E-state index is 3.47. The first-order chi connectivity index (χ1) is 8.13. The van der Waals surface area contributed by atoms with Crippen molar-refractivity contribution in [3.8, 4) is 0 Å². The van der Waals surface area contributed by atoms with Gasteiger partial charge in [-0.25, -0.2) is 0 Å². The number of hydrogen-bond donors (Lipinski definition) is 1. The van der Waals surface area contributed by atoms with Gasteiger partial charge in [-0.2, -0.15) is 0 Å². The minimum absolute atomic E-state index is 0.757. The van der Waals surface area contributed by atoms with Crippen molar-refractivity contribution in [2.75, 3.05) is 6.54 Å². The summed E-state index contributed by atoms with van der Waals surface area (Å²) in [5.74, 6) is 1.55. The molecule has 0 bridgehead atoms. The molecule has 1 rings (SSSR count). The van der Waals surface area contributed by atoms with Crippen molar-refractivity contribution in [2.24, 2.45) is 11.8 Å². The maximum absolute atomic E-state index is 3.47. The van der Waals surface area contributed by atoms with Gasteiger partial charge >= 0.3 is 0 Å². The van der Waals surface area contributed by atoms with Crippen LogP contribution in [0, 0.1) is 11.8 Å². The van der Waals surface area contributed by atoms with E-state index in [-0.39, 0.29) is 0 Å². The van der Waals surface area contributed by atoms with Gasteiger partial charge in [-0.15, -0.1) is 0 Å². The van der Waals surface area contributed by atoms with E-state index in [0.29, 0.717) is 0 Å². The molecule has 0 radical (unpaired) electrons. The highest BCUT2D eigenvalue weighted by molar-refractivity contribution is 5.07. The largest absolute Gasteiger partial charge is 0.350 e. The van der Waals surface area contributed by atoms with E-state index in [1.54, 1.807) is 0 Å². The number of rotatable bonds is 8. The van der Waals surface area contributed by atoms with E-state index in [1.807, 2.05) is 0 Å².